The average Bonchev–Trinajstić information content (AvgIpc) is 2.78. The number of nitrogens with zero attached hydrogens (tertiary/aromatic N) is 4. The van der Waals surface area contributed by atoms with Gasteiger partial charge in [0.25, 0.3) is 5.91 Å². The van der Waals surface area contributed by atoms with Crippen LogP contribution in [-0.2, 0) is 11.3 Å². The summed E-state index contributed by atoms with van der Waals surface area (Å²) in [5.74, 6) is -0.173. The zero-order valence-electron chi connectivity index (χ0n) is 16.7. The van der Waals surface area contributed by atoms with Crippen molar-refractivity contribution in [2.75, 3.05) is 44.7 Å². The van der Waals surface area contributed by atoms with Crippen LogP contribution in [-0.4, -0.2) is 65.2 Å². The van der Waals surface area contributed by atoms with Crippen LogP contribution in [0.25, 0.3) is 22.3 Å². The maximum atomic E-state index is 12.1. The van der Waals surface area contributed by atoms with Gasteiger partial charge < -0.3 is 21.5 Å². The predicted molar refractivity (Wildman–Crippen MR) is 115 cm³/mol. The van der Waals surface area contributed by atoms with Crippen LogP contribution in [0.1, 0.15) is 15.9 Å². The second-order valence-corrected chi connectivity index (χ2v) is 7.15. The monoisotopic (exact) mass is 407 g/mol. The molecule has 9 nitrogen and oxygen atoms in total. The summed E-state index contributed by atoms with van der Waals surface area (Å²) < 4.78 is 5.40. The Morgan fingerprint density at radius 1 is 1.17 bits per heavy atom. The molecular weight excluding hydrogens is 382 g/mol. The first-order valence-electron chi connectivity index (χ1n) is 9.95. The number of hydrogen-bond acceptors (Lipinski definition) is 8. The number of rotatable bonds is 7. The number of nitrogens with two attached hydrogens (primary N) is 2. The molecule has 0 saturated carbocycles. The molecule has 3 aromatic rings. The van der Waals surface area contributed by atoms with Crippen molar-refractivity contribution in [1.82, 2.24) is 19.9 Å². The van der Waals surface area contributed by atoms with E-state index in [0.29, 0.717) is 41.3 Å². The lowest BCUT2D eigenvalue weighted by atomic mass is 10.0. The molecule has 9 heteroatoms. The lowest BCUT2D eigenvalue weighted by molar-refractivity contribution is 0.0342. The van der Waals surface area contributed by atoms with Crippen molar-refractivity contribution in [3.63, 3.8) is 0 Å². The minimum atomic E-state index is -0.559. The summed E-state index contributed by atoms with van der Waals surface area (Å²) in [6, 6.07) is 9.86. The highest BCUT2D eigenvalue weighted by atomic mass is 16.5. The van der Waals surface area contributed by atoms with E-state index in [4.69, 9.17) is 16.2 Å². The lowest BCUT2D eigenvalue weighted by Crippen LogP contribution is -2.35. The number of carbonyl (C=O) groups excluding carboxylic acids is 1. The van der Waals surface area contributed by atoms with Crippen LogP contribution in [0, 0.1) is 0 Å². The largest absolute Gasteiger partial charge is 0.379 e. The molecule has 0 bridgehead atoms. The highest BCUT2D eigenvalue weighted by molar-refractivity contribution is 6.05. The van der Waals surface area contributed by atoms with Gasteiger partial charge in [-0.2, -0.15) is 0 Å². The first kappa shape index (κ1) is 20.1. The molecule has 3 heterocycles. The Kier molecular flexibility index (Phi) is 6.12. The average molecular weight is 407 g/mol. The van der Waals surface area contributed by atoms with E-state index in [1.54, 1.807) is 12.3 Å². The number of anilines is 1. The lowest BCUT2D eigenvalue weighted by Gasteiger charge is -2.26. The van der Waals surface area contributed by atoms with Gasteiger partial charge in [-0.05, 0) is 11.6 Å². The summed E-state index contributed by atoms with van der Waals surface area (Å²) in [4.78, 5) is 27.7. The highest BCUT2D eigenvalue weighted by Crippen LogP contribution is 2.24. The number of ether oxygens (including phenoxy) is 1. The molecule has 1 aliphatic rings. The van der Waals surface area contributed by atoms with Crippen molar-refractivity contribution >= 4 is 22.9 Å². The van der Waals surface area contributed by atoms with Gasteiger partial charge >= 0.3 is 0 Å². The molecule has 1 aliphatic heterocycles. The van der Waals surface area contributed by atoms with Gasteiger partial charge in [-0.1, -0.05) is 24.3 Å². The predicted octanol–water partition coefficient (Wildman–Crippen LogP) is 0.993. The second kappa shape index (κ2) is 9.12. The van der Waals surface area contributed by atoms with Crippen molar-refractivity contribution in [2.24, 2.45) is 11.5 Å². The SMILES string of the molecule is NCCNc1ncc2nc(-c3ccc(CN4CCOCC4)cc3)cc(C(N)=O)c2n1. The molecule has 0 atom stereocenters. The summed E-state index contributed by atoms with van der Waals surface area (Å²) >= 11 is 0. The zero-order chi connectivity index (χ0) is 20.9. The van der Waals surface area contributed by atoms with Gasteiger partial charge in [0.15, 0.2) is 0 Å². The van der Waals surface area contributed by atoms with Gasteiger partial charge in [0.05, 0.1) is 30.7 Å². The van der Waals surface area contributed by atoms with E-state index in [0.717, 1.165) is 38.4 Å². The Bertz CT molecular complexity index is 1030. The molecule has 1 aromatic carbocycles. The van der Waals surface area contributed by atoms with Crippen molar-refractivity contribution in [3.05, 3.63) is 47.7 Å². The van der Waals surface area contributed by atoms with E-state index in [1.165, 1.54) is 5.56 Å². The molecule has 0 unspecified atom stereocenters. The molecule has 1 saturated heterocycles. The topological polar surface area (TPSA) is 132 Å². The van der Waals surface area contributed by atoms with Crippen LogP contribution in [0.4, 0.5) is 5.95 Å². The van der Waals surface area contributed by atoms with Crippen LogP contribution in [0.15, 0.2) is 36.5 Å². The summed E-state index contributed by atoms with van der Waals surface area (Å²) in [7, 11) is 0. The van der Waals surface area contributed by atoms with Crippen LogP contribution >= 0.6 is 0 Å². The first-order valence-corrected chi connectivity index (χ1v) is 9.95. The molecule has 2 aromatic heterocycles. The Balaban J connectivity index is 1.62. The first-order chi connectivity index (χ1) is 14.6. The third-order valence-electron chi connectivity index (χ3n) is 5.00. The standard InChI is InChI=1S/C21H25N7O2/c22-5-6-24-21-25-12-18-19(27-21)16(20(23)29)11-17(26-18)15-3-1-14(2-4-15)13-28-7-9-30-10-8-28/h1-4,11-12H,5-10,13,22H2,(H2,23,29)(H,24,25,27). The molecule has 156 valence electrons. The van der Waals surface area contributed by atoms with Crippen LogP contribution in [0.2, 0.25) is 0 Å². The molecule has 1 amide bonds. The second-order valence-electron chi connectivity index (χ2n) is 7.15. The number of pyridine rings is 1. The number of carbonyl (C=O) groups is 1. The minimum Gasteiger partial charge on any atom is -0.379 e. The van der Waals surface area contributed by atoms with Crippen LogP contribution in [0.5, 0.6) is 0 Å². The Morgan fingerprint density at radius 2 is 1.93 bits per heavy atom. The normalized spacial score (nSPS) is 14.7. The molecular formula is C21H25N7O2. The van der Waals surface area contributed by atoms with E-state index in [2.05, 4.69) is 37.3 Å². The number of primary amides is 1. The number of morpholine rings is 1. The van der Waals surface area contributed by atoms with Crippen LogP contribution in [0.3, 0.4) is 0 Å². The van der Waals surface area contributed by atoms with Crippen molar-refractivity contribution in [2.45, 2.75) is 6.54 Å². The van der Waals surface area contributed by atoms with Gasteiger partial charge in [-0.15, -0.1) is 0 Å². The van der Waals surface area contributed by atoms with E-state index in [9.17, 15) is 4.79 Å². The summed E-state index contributed by atoms with van der Waals surface area (Å²) in [6.45, 7) is 5.30. The third kappa shape index (κ3) is 4.54. The van der Waals surface area contributed by atoms with E-state index < -0.39 is 5.91 Å². The molecule has 5 N–H and O–H groups in total. The molecule has 0 aliphatic carbocycles. The number of fused-ring (bicyclic) bond motifs is 1. The molecule has 1 fully saturated rings. The summed E-state index contributed by atoms with van der Waals surface area (Å²) in [5.41, 5.74) is 15.1. The Morgan fingerprint density at radius 3 is 2.63 bits per heavy atom. The van der Waals surface area contributed by atoms with Gasteiger partial charge in [-0.3, -0.25) is 9.69 Å². The van der Waals surface area contributed by atoms with Crippen molar-refractivity contribution in [1.29, 1.82) is 0 Å². The maximum absolute atomic E-state index is 12.1. The number of aromatic nitrogens is 3. The van der Waals surface area contributed by atoms with Crippen LogP contribution < -0.4 is 16.8 Å². The summed E-state index contributed by atoms with van der Waals surface area (Å²) in [5, 5.41) is 3.00. The maximum Gasteiger partial charge on any atom is 0.251 e. The number of hydrogen-bond donors (Lipinski definition) is 3. The van der Waals surface area contributed by atoms with E-state index in [1.807, 2.05) is 12.1 Å². The Hall–Kier alpha value is -3.14. The summed E-state index contributed by atoms with van der Waals surface area (Å²) in [6.07, 6.45) is 1.59. The van der Waals surface area contributed by atoms with Crippen molar-refractivity contribution < 1.29 is 9.53 Å². The molecule has 4 rings (SSSR count). The van der Waals surface area contributed by atoms with Gasteiger partial charge in [-0.25, -0.2) is 15.0 Å². The fourth-order valence-corrected chi connectivity index (χ4v) is 3.43. The molecule has 0 spiro atoms. The quantitative estimate of drug-likeness (QED) is 0.528. The van der Waals surface area contributed by atoms with E-state index in [-0.39, 0.29) is 0 Å². The van der Waals surface area contributed by atoms with Crippen molar-refractivity contribution in [3.8, 4) is 11.3 Å². The Labute approximate surface area is 174 Å². The van der Waals surface area contributed by atoms with E-state index >= 15 is 0 Å². The highest BCUT2D eigenvalue weighted by Gasteiger charge is 2.15. The number of nitrogens with one attached hydrogen (secondary N) is 1. The fraction of sp³-hybridized carbons (Fsp3) is 0.333. The minimum absolute atomic E-state index is 0.311. The molecule has 0 radical (unpaired) electrons. The molecule has 30 heavy (non-hydrogen) atoms. The van der Waals surface area contributed by atoms with Gasteiger partial charge in [0.2, 0.25) is 5.95 Å². The number of amides is 1. The zero-order valence-corrected chi connectivity index (χ0v) is 16.7. The number of benzene rings is 1. The fourth-order valence-electron chi connectivity index (χ4n) is 3.43. The smallest absolute Gasteiger partial charge is 0.251 e. The van der Waals surface area contributed by atoms with Gasteiger partial charge in [0, 0.05) is 38.3 Å². The third-order valence-corrected chi connectivity index (χ3v) is 5.00. The van der Waals surface area contributed by atoms with Gasteiger partial charge in [0.1, 0.15) is 11.0 Å².